The highest BCUT2D eigenvalue weighted by Gasteiger charge is 2.16. The van der Waals surface area contributed by atoms with E-state index in [1.54, 1.807) is 0 Å². The van der Waals surface area contributed by atoms with Crippen LogP contribution in [-0.2, 0) is 0 Å². The molecule has 1 radical (unpaired) electrons. The fraction of sp³-hybridized carbons (Fsp3) is 0.933. The van der Waals surface area contributed by atoms with Crippen molar-refractivity contribution in [2.75, 3.05) is 27.2 Å². The number of quaternary nitrogens is 1. The van der Waals surface area contributed by atoms with E-state index in [0.717, 1.165) is 17.6 Å². The third-order valence-electron chi connectivity index (χ3n) is 3.32. The maximum absolute atomic E-state index is 9.28. The molecule has 17 heavy (non-hydrogen) atoms. The van der Waals surface area contributed by atoms with Crippen molar-refractivity contribution in [1.82, 2.24) is 0 Å². The van der Waals surface area contributed by atoms with Crippen molar-refractivity contribution >= 4 is 0 Å². The summed E-state index contributed by atoms with van der Waals surface area (Å²) in [5.74, 6) is 0. The summed E-state index contributed by atoms with van der Waals surface area (Å²) in [6.07, 6.45) is 10.5. The highest BCUT2D eigenvalue weighted by atomic mass is 16.3. The Morgan fingerprint density at radius 2 is 1.41 bits per heavy atom. The Balaban J connectivity index is 3.32. The van der Waals surface area contributed by atoms with Gasteiger partial charge in [-0.2, -0.15) is 0 Å². The second-order valence-electron chi connectivity index (χ2n) is 5.97. The summed E-state index contributed by atoms with van der Waals surface area (Å²) in [6, 6.07) is 0. The highest BCUT2D eigenvalue weighted by molar-refractivity contribution is 4.54. The molecule has 0 spiro atoms. The Morgan fingerprint density at radius 3 is 1.88 bits per heavy atom. The van der Waals surface area contributed by atoms with E-state index in [1.165, 1.54) is 51.4 Å². The summed E-state index contributed by atoms with van der Waals surface area (Å²) in [6.45, 7) is 7.83. The number of hydrogen-bond donors (Lipinski definition) is 1. The normalized spacial score (nSPS) is 13.9. The maximum atomic E-state index is 9.28. The van der Waals surface area contributed by atoms with E-state index in [1.807, 2.05) is 0 Å². The SMILES string of the molecule is [CH2]C(O)C[N+](C)(C)CCCCCCCCCC. The van der Waals surface area contributed by atoms with Crippen molar-refractivity contribution < 1.29 is 9.59 Å². The van der Waals surface area contributed by atoms with Crippen LogP contribution in [0.4, 0.5) is 0 Å². The third-order valence-corrected chi connectivity index (χ3v) is 3.32. The van der Waals surface area contributed by atoms with E-state index < -0.39 is 6.10 Å². The van der Waals surface area contributed by atoms with Crippen molar-refractivity contribution in [3.63, 3.8) is 0 Å². The molecule has 0 fully saturated rings. The zero-order chi connectivity index (χ0) is 13.1. The minimum Gasteiger partial charge on any atom is -0.387 e. The van der Waals surface area contributed by atoms with E-state index in [-0.39, 0.29) is 0 Å². The van der Waals surface area contributed by atoms with Gasteiger partial charge < -0.3 is 9.59 Å². The van der Waals surface area contributed by atoms with Crippen molar-refractivity contribution in [2.45, 2.75) is 64.4 Å². The van der Waals surface area contributed by atoms with Crippen LogP contribution in [0.2, 0.25) is 0 Å². The quantitative estimate of drug-likeness (QED) is 0.435. The molecule has 1 N–H and O–H groups in total. The topological polar surface area (TPSA) is 20.2 Å². The van der Waals surface area contributed by atoms with Gasteiger partial charge in [-0.15, -0.1) is 0 Å². The van der Waals surface area contributed by atoms with Crippen LogP contribution >= 0.6 is 0 Å². The first-order chi connectivity index (χ1) is 7.98. The Labute approximate surface area is 109 Å². The largest absolute Gasteiger partial charge is 0.387 e. The molecule has 0 amide bonds. The molecule has 1 unspecified atom stereocenters. The molecule has 0 saturated carbocycles. The van der Waals surface area contributed by atoms with Crippen LogP contribution in [0, 0.1) is 6.92 Å². The lowest BCUT2D eigenvalue weighted by molar-refractivity contribution is -0.892. The van der Waals surface area contributed by atoms with Gasteiger partial charge in [0.15, 0.2) is 0 Å². The van der Waals surface area contributed by atoms with E-state index in [2.05, 4.69) is 27.9 Å². The molecule has 2 nitrogen and oxygen atoms in total. The first-order valence-corrected chi connectivity index (χ1v) is 7.31. The average Bonchev–Trinajstić information content (AvgIpc) is 2.20. The fourth-order valence-corrected chi connectivity index (χ4v) is 2.34. The minimum absolute atomic E-state index is 0.431. The van der Waals surface area contributed by atoms with Crippen LogP contribution < -0.4 is 0 Å². The van der Waals surface area contributed by atoms with Gasteiger partial charge in [0.05, 0.1) is 20.6 Å². The van der Waals surface area contributed by atoms with Gasteiger partial charge in [0.2, 0.25) is 0 Å². The van der Waals surface area contributed by atoms with E-state index >= 15 is 0 Å². The molecule has 0 aromatic carbocycles. The first-order valence-electron chi connectivity index (χ1n) is 7.31. The number of aliphatic hydroxyl groups excluding tert-OH is 1. The van der Waals surface area contributed by atoms with E-state index in [9.17, 15) is 5.11 Å². The zero-order valence-corrected chi connectivity index (χ0v) is 12.2. The number of hydrogen-bond acceptors (Lipinski definition) is 1. The molecule has 0 rings (SSSR count). The third kappa shape index (κ3) is 12.2. The van der Waals surface area contributed by atoms with Gasteiger partial charge in [0.25, 0.3) is 0 Å². The summed E-state index contributed by atoms with van der Waals surface area (Å²) in [7, 11) is 4.35. The summed E-state index contributed by atoms with van der Waals surface area (Å²) in [4.78, 5) is 0. The van der Waals surface area contributed by atoms with Crippen molar-refractivity contribution in [2.24, 2.45) is 0 Å². The number of unbranched alkanes of at least 4 members (excludes halogenated alkanes) is 7. The van der Waals surface area contributed by atoms with Crippen LogP contribution in [0.3, 0.4) is 0 Å². The molecule has 0 saturated heterocycles. The molecular weight excluding hydrogens is 210 g/mol. The van der Waals surface area contributed by atoms with Crippen LogP contribution in [0.25, 0.3) is 0 Å². The molecule has 1 atom stereocenters. The van der Waals surface area contributed by atoms with Crippen molar-refractivity contribution in [1.29, 1.82) is 0 Å². The molecule has 2 heteroatoms. The van der Waals surface area contributed by atoms with Crippen molar-refractivity contribution in [3.05, 3.63) is 6.92 Å². The molecule has 0 aromatic heterocycles. The predicted molar refractivity (Wildman–Crippen MR) is 75.8 cm³/mol. The lowest BCUT2D eigenvalue weighted by atomic mass is 10.1. The van der Waals surface area contributed by atoms with Gasteiger partial charge in [0, 0.05) is 0 Å². The highest BCUT2D eigenvalue weighted by Crippen LogP contribution is 2.10. The van der Waals surface area contributed by atoms with Gasteiger partial charge in [0.1, 0.15) is 12.6 Å². The van der Waals surface area contributed by atoms with Gasteiger partial charge in [-0.3, -0.25) is 0 Å². The molecule has 0 bridgehead atoms. The number of rotatable bonds is 11. The summed E-state index contributed by atoms with van der Waals surface area (Å²) in [5, 5.41) is 9.28. The van der Waals surface area contributed by atoms with Crippen LogP contribution in [-0.4, -0.2) is 42.9 Å². The minimum atomic E-state index is -0.431. The molecule has 0 heterocycles. The lowest BCUT2D eigenvalue weighted by Crippen LogP contribution is -2.45. The fourth-order valence-electron chi connectivity index (χ4n) is 2.34. The molecule has 103 valence electrons. The van der Waals surface area contributed by atoms with E-state index in [0.29, 0.717) is 0 Å². The maximum Gasteiger partial charge on any atom is 0.105 e. The Hall–Kier alpha value is -0.0800. The number of aliphatic hydroxyl groups is 1. The van der Waals surface area contributed by atoms with Crippen LogP contribution in [0.5, 0.6) is 0 Å². The molecule has 0 aliphatic rings. The number of nitrogens with zero attached hydrogens (tertiary/aromatic N) is 1. The molecule has 0 aliphatic carbocycles. The van der Waals surface area contributed by atoms with Gasteiger partial charge in [-0.25, -0.2) is 0 Å². The van der Waals surface area contributed by atoms with Gasteiger partial charge >= 0.3 is 0 Å². The van der Waals surface area contributed by atoms with Crippen LogP contribution in [0.1, 0.15) is 58.3 Å². The monoisotopic (exact) mass is 243 g/mol. The van der Waals surface area contributed by atoms with E-state index in [4.69, 9.17) is 0 Å². The molecule has 0 aromatic rings. The Kier molecular flexibility index (Phi) is 9.85. The lowest BCUT2D eigenvalue weighted by Gasteiger charge is -2.30. The Bertz CT molecular complexity index is 166. The Morgan fingerprint density at radius 1 is 0.941 bits per heavy atom. The van der Waals surface area contributed by atoms with Gasteiger partial charge in [-0.1, -0.05) is 45.4 Å². The van der Waals surface area contributed by atoms with Crippen LogP contribution in [0.15, 0.2) is 0 Å². The number of likely N-dealkylation sites (N-methyl/N-ethyl adjacent to an activating group) is 1. The first kappa shape index (κ1) is 16.9. The summed E-state index contributed by atoms with van der Waals surface area (Å²) >= 11 is 0. The summed E-state index contributed by atoms with van der Waals surface area (Å²) in [5.41, 5.74) is 0. The zero-order valence-electron chi connectivity index (χ0n) is 12.2. The van der Waals surface area contributed by atoms with Crippen molar-refractivity contribution in [3.8, 4) is 0 Å². The molecular formula is C15H33NO+. The second kappa shape index (κ2) is 9.90. The average molecular weight is 243 g/mol. The summed E-state index contributed by atoms with van der Waals surface area (Å²) < 4.78 is 0.889. The van der Waals surface area contributed by atoms with Gasteiger partial charge in [-0.05, 0) is 19.8 Å². The second-order valence-corrected chi connectivity index (χ2v) is 5.97. The predicted octanol–water partition coefficient (Wildman–Crippen LogP) is 3.40. The smallest absolute Gasteiger partial charge is 0.105 e. The standard InChI is InChI=1S/C15H33NO/c1-5-6-7-8-9-10-11-12-13-16(3,4)14-15(2)17/h15,17H,2,5-14H2,1,3-4H3/q+1. The molecule has 0 aliphatic heterocycles.